The molecule has 11 heteroatoms. The van der Waals surface area contributed by atoms with Gasteiger partial charge in [-0.25, -0.2) is 8.78 Å². The number of amides is 2. The zero-order valence-corrected chi connectivity index (χ0v) is 18.0. The third-order valence-electron chi connectivity index (χ3n) is 6.15. The Balaban J connectivity index is 2.07. The summed E-state index contributed by atoms with van der Waals surface area (Å²) in [6, 6.07) is 4.47. The fourth-order valence-corrected chi connectivity index (χ4v) is 4.16. The Morgan fingerprint density at radius 3 is 2.48 bits per heavy atom. The van der Waals surface area contributed by atoms with E-state index in [9.17, 15) is 31.5 Å². The average molecular weight is 471 g/mol. The number of benzene rings is 1. The number of hydrogen-bond acceptors (Lipinski definition) is 4. The monoisotopic (exact) mass is 471 g/mol. The Labute approximate surface area is 186 Å². The van der Waals surface area contributed by atoms with Crippen molar-refractivity contribution < 1.29 is 36.3 Å². The topological polar surface area (TPSA) is 94.3 Å². The van der Waals surface area contributed by atoms with Gasteiger partial charge >= 0.3 is 6.18 Å². The normalized spacial score (nSPS) is 25.2. The van der Waals surface area contributed by atoms with Crippen molar-refractivity contribution in [2.24, 2.45) is 11.7 Å². The quantitative estimate of drug-likeness (QED) is 0.642. The first-order valence-electron chi connectivity index (χ1n) is 10.1. The third kappa shape index (κ3) is 4.29. The van der Waals surface area contributed by atoms with E-state index in [1.165, 1.54) is 32.2 Å². The van der Waals surface area contributed by atoms with E-state index < -0.39 is 53.2 Å². The number of halogens is 5. The molecule has 0 saturated carbocycles. The van der Waals surface area contributed by atoms with Crippen molar-refractivity contribution in [3.8, 4) is 0 Å². The maximum Gasteiger partial charge on any atom is 0.417 e. The van der Waals surface area contributed by atoms with Crippen molar-refractivity contribution in [1.29, 1.82) is 0 Å². The second-order valence-corrected chi connectivity index (χ2v) is 8.02. The van der Waals surface area contributed by atoms with Crippen LogP contribution in [0.3, 0.4) is 0 Å². The molecule has 1 aliphatic rings. The van der Waals surface area contributed by atoms with Gasteiger partial charge < -0.3 is 15.8 Å². The molecule has 1 saturated heterocycles. The van der Waals surface area contributed by atoms with E-state index in [2.05, 4.69) is 10.3 Å². The standard InChI is InChI=1S/C22H22F5N3O3/c1-4-12-13(5-6-14(23)17(12)24)16-10(2)21(3,22(25,26)27)33-18(16)20(32)30-11-7-8-29-15(9-11)19(28)31/h5-10,16,18H,4H2,1-3H3,(H2,28,31)(H,29,30,32)/t10-,16+,18-,21+/m1/s1. The number of carbonyl (C=O) groups is 2. The number of ether oxygens (including phenoxy) is 1. The summed E-state index contributed by atoms with van der Waals surface area (Å²) in [5.41, 5.74) is 2.26. The van der Waals surface area contributed by atoms with Gasteiger partial charge in [-0.3, -0.25) is 14.6 Å². The van der Waals surface area contributed by atoms with Crippen molar-refractivity contribution >= 4 is 17.5 Å². The van der Waals surface area contributed by atoms with Gasteiger partial charge in [-0.1, -0.05) is 19.9 Å². The van der Waals surface area contributed by atoms with Gasteiger partial charge in [0.25, 0.3) is 11.8 Å². The largest absolute Gasteiger partial charge is 0.417 e. The molecule has 2 aromatic rings. The molecule has 3 N–H and O–H groups in total. The molecule has 0 bridgehead atoms. The van der Waals surface area contributed by atoms with E-state index in [0.717, 1.165) is 19.1 Å². The van der Waals surface area contributed by atoms with Gasteiger partial charge in [0.2, 0.25) is 0 Å². The lowest BCUT2D eigenvalue weighted by Gasteiger charge is -2.32. The number of pyridine rings is 1. The Hall–Kier alpha value is -3.08. The maximum atomic E-state index is 14.5. The van der Waals surface area contributed by atoms with Crippen LogP contribution in [0.15, 0.2) is 30.5 Å². The minimum Gasteiger partial charge on any atom is -0.364 e. The molecule has 178 valence electrons. The number of aromatic nitrogens is 1. The highest BCUT2D eigenvalue weighted by Crippen LogP contribution is 2.54. The molecule has 0 radical (unpaired) electrons. The van der Waals surface area contributed by atoms with Gasteiger partial charge in [0.1, 0.15) is 11.8 Å². The van der Waals surface area contributed by atoms with E-state index in [4.69, 9.17) is 10.5 Å². The Morgan fingerprint density at radius 2 is 1.91 bits per heavy atom. The molecule has 0 aliphatic carbocycles. The zero-order valence-electron chi connectivity index (χ0n) is 18.0. The molecule has 2 amide bonds. The fourth-order valence-electron chi connectivity index (χ4n) is 4.16. The van der Waals surface area contributed by atoms with Crippen molar-refractivity contribution in [1.82, 2.24) is 4.98 Å². The second kappa shape index (κ2) is 8.69. The summed E-state index contributed by atoms with van der Waals surface area (Å²) in [6.07, 6.45) is -5.35. The summed E-state index contributed by atoms with van der Waals surface area (Å²) in [6.45, 7) is 3.60. The van der Waals surface area contributed by atoms with Crippen LogP contribution in [0.5, 0.6) is 0 Å². The molecule has 1 aliphatic heterocycles. The van der Waals surface area contributed by atoms with Gasteiger partial charge in [-0.2, -0.15) is 13.2 Å². The lowest BCUT2D eigenvalue weighted by Crippen LogP contribution is -2.47. The number of nitrogens with zero attached hydrogens (tertiary/aromatic N) is 1. The molecule has 6 nitrogen and oxygen atoms in total. The highest BCUT2D eigenvalue weighted by atomic mass is 19.4. The first-order chi connectivity index (χ1) is 15.3. The molecule has 3 rings (SSSR count). The number of hydrogen-bond donors (Lipinski definition) is 2. The van der Waals surface area contributed by atoms with Crippen molar-refractivity contribution in [3.63, 3.8) is 0 Å². The van der Waals surface area contributed by atoms with Gasteiger partial charge in [0, 0.05) is 23.7 Å². The minimum absolute atomic E-state index is 0.00839. The lowest BCUT2D eigenvalue weighted by molar-refractivity contribution is -0.272. The molecule has 0 spiro atoms. The molecule has 33 heavy (non-hydrogen) atoms. The van der Waals surface area contributed by atoms with Crippen molar-refractivity contribution in [2.75, 3.05) is 5.32 Å². The number of rotatable bonds is 5. The van der Waals surface area contributed by atoms with Crippen LogP contribution in [0.25, 0.3) is 0 Å². The predicted molar refractivity (Wildman–Crippen MR) is 108 cm³/mol. The summed E-state index contributed by atoms with van der Waals surface area (Å²) in [5.74, 6) is -6.69. The van der Waals surface area contributed by atoms with Gasteiger partial charge in [-0.05, 0) is 42.7 Å². The van der Waals surface area contributed by atoms with Crippen LogP contribution in [0.4, 0.5) is 27.6 Å². The molecule has 4 atom stereocenters. The van der Waals surface area contributed by atoms with Crippen LogP contribution in [-0.2, 0) is 16.0 Å². The molecule has 1 fully saturated rings. The summed E-state index contributed by atoms with van der Waals surface area (Å²) >= 11 is 0. The van der Waals surface area contributed by atoms with E-state index in [1.807, 2.05) is 0 Å². The number of anilines is 1. The van der Waals surface area contributed by atoms with Crippen LogP contribution in [-0.4, -0.2) is 34.7 Å². The molecular formula is C22H22F5N3O3. The Bertz CT molecular complexity index is 1090. The van der Waals surface area contributed by atoms with E-state index in [-0.39, 0.29) is 28.9 Å². The summed E-state index contributed by atoms with van der Waals surface area (Å²) in [4.78, 5) is 28.1. The third-order valence-corrected chi connectivity index (χ3v) is 6.15. The van der Waals surface area contributed by atoms with E-state index in [1.54, 1.807) is 0 Å². The molecule has 1 aromatic carbocycles. The van der Waals surface area contributed by atoms with E-state index >= 15 is 0 Å². The summed E-state index contributed by atoms with van der Waals surface area (Å²) < 4.78 is 75.5. The van der Waals surface area contributed by atoms with Crippen LogP contribution in [0.1, 0.15) is 48.3 Å². The van der Waals surface area contributed by atoms with Crippen molar-refractivity contribution in [3.05, 3.63) is 58.9 Å². The fraction of sp³-hybridized carbons (Fsp3) is 0.409. The lowest BCUT2D eigenvalue weighted by atomic mass is 9.75. The summed E-state index contributed by atoms with van der Waals surface area (Å²) in [5, 5.41) is 2.41. The first-order valence-corrected chi connectivity index (χ1v) is 10.1. The van der Waals surface area contributed by atoms with Crippen LogP contribution in [0.2, 0.25) is 0 Å². The molecular weight excluding hydrogens is 449 g/mol. The first kappa shape index (κ1) is 24.6. The number of nitrogens with two attached hydrogens (primary N) is 1. The number of alkyl halides is 3. The SMILES string of the molecule is CCc1c([C@@H]2[C@@H](C)[C@@](C)(C(F)(F)F)O[C@H]2C(=O)Nc2ccnc(C(N)=O)c2)ccc(F)c1F. The molecule has 2 heterocycles. The zero-order chi connectivity index (χ0) is 24.7. The minimum atomic E-state index is -4.85. The van der Waals surface area contributed by atoms with Gasteiger partial charge in [-0.15, -0.1) is 0 Å². The van der Waals surface area contributed by atoms with E-state index in [0.29, 0.717) is 0 Å². The summed E-state index contributed by atoms with van der Waals surface area (Å²) in [7, 11) is 0. The van der Waals surface area contributed by atoms with Crippen molar-refractivity contribution in [2.45, 2.75) is 51.0 Å². The second-order valence-electron chi connectivity index (χ2n) is 8.02. The van der Waals surface area contributed by atoms with Gasteiger partial charge in [0.15, 0.2) is 17.2 Å². The highest BCUT2D eigenvalue weighted by molar-refractivity contribution is 5.97. The Morgan fingerprint density at radius 1 is 1.24 bits per heavy atom. The number of nitrogens with one attached hydrogen (secondary N) is 1. The average Bonchev–Trinajstić information content (AvgIpc) is 3.02. The maximum absolute atomic E-state index is 14.5. The van der Waals surface area contributed by atoms with Crippen LogP contribution >= 0.6 is 0 Å². The number of primary amides is 1. The molecule has 0 unspecified atom stereocenters. The predicted octanol–water partition coefficient (Wildman–Crippen LogP) is 4.10. The number of carbonyl (C=O) groups excluding carboxylic acids is 2. The Kier molecular flexibility index (Phi) is 6.47. The smallest absolute Gasteiger partial charge is 0.364 e. The highest BCUT2D eigenvalue weighted by Gasteiger charge is 2.65. The van der Waals surface area contributed by atoms with Crippen LogP contribution < -0.4 is 11.1 Å². The van der Waals surface area contributed by atoms with Crippen LogP contribution in [0, 0.1) is 17.6 Å². The van der Waals surface area contributed by atoms with Gasteiger partial charge in [0.05, 0.1) is 0 Å². The molecule has 1 aromatic heterocycles.